The summed E-state index contributed by atoms with van der Waals surface area (Å²) in [6, 6.07) is 10.7. The highest BCUT2D eigenvalue weighted by Crippen LogP contribution is 2.33. The SMILES string of the molecule is Cc1ccc(C)c(C(Cl)c2ccc(F)c(Cl)c2)c1. The van der Waals surface area contributed by atoms with Crippen LogP contribution in [0.15, 0.2) is 36.4 Å². The van der Waals surface area contributed by atoms with Crippen molar-refractivity contribution in [3.05, 3.63) is 69.5 Å². The summed E-state index contributed by atoms with van der Waals surface area (Å²) in [6.07, 6.45) is 0. The van der Waals surface area contributed by atoms with Crippen LogP contribution in [0.4, 0.5) is 4.39 Å². The molecular formula is C15H13Cl2F. The Balaban J connectivity index is 2.44. The lowest BCUT2D eigenvalue weighted by molar-refractivity contribution is 0.627. The molecule has 0 fully saturated rings. The van der Waals surface area contributed by atoms with Crippen molar-refractivity contribution in [1.29, 1.82) is 0 Å². The summed E-state index contributed by atoms with van der Waals surface area (Å²) in [4.78, 5) is 0. The third-order valence-electron chi connectivity index (χ3n) is 2.94. The molecule has 0 nitrogen and oxygen atoms in total. The van der Waals surface area contributed by atoms with Gasteiger partial charge in [-0.1, -0.05) is 41.4 Å². The second-order valence-electron chi connectivity index (χ2n) is 4.40. The van der Waals surface area contributed by atoms with Gasteiger partial charge in [-0.05, 0) is 42.7 Å². The molecule has 0 aliphatic heterocycles. The smallest absolute Gasteiger partial charge is 0.141 e. The van der Waals surface area contributed by atoms with Gasteiger partial charge in [0.25, 0.3) is 0 Å². The molecule has 0 radical (unpaired) electrons. The van der Waals surface area contributed by atoms with Crippen molar-refractivity contribution in [2.24, 2.45) is 0 Å². The van der Waals surface area contributed by atoms with Gasteiger partial charge < -0.3 is 0 Å². The molecule has 0 N–H and O–H groups in total. The largest absolute Gasteiger partial charge is 0.205 e. The number of hydrogen-bond acceptors (Lipinski definition) is 0. The predicted molar refractivity (Wildman–Crippen MR) is 75.0 cm³/mol. The van der Waals surface area contributed by atoms with E-state index in [-0.39, 0.29) is 10.4 Å². The van der Waals surface area contributed by atoms with E-state index in [9.17, 15) is 4.39 Å². The van der Waals surface area contributed by atoms with Crippen molar-refractivity contribution in [2.75, 3.05) is 0 Å². The van der Waals surface area contributed by atoms with Crippen LogP contribution in [0, 0.1) is 19.7 Å². The fourth-order valence-electron chi connectivity index (χ4n) is 1.88. The normalized spacial score (nSPS) is 12.5. The zero-order valence-electron chi connectivity index (χ0n) is 10.2. The van der Waals surface area contributed by atoms with Crippen molar-refractivity contribution in [3.63, 3.8) is 0 Å². The van der Waals surface area contributed by atoms with Gasteiger partial charge in [-0.3, -0.25) is 0 Å². The van der Waals surface area contributed by atoms with E-state index in [1.54, 1.807) is 12.1 Å². The maximum atomic E-state index is 13.1. The molecule has 1 unspecified atom stereocenters. The molecule has 0 bridgehead atoms. The molecule has 0 aliphatic rings. The lowest BCUT2D eigenvalue weighted by atomic mass is 9.98. The van der Waals surface area contributed by atoms with Crippen LogP contribution in [0.25, 0.3) is 0 Å². The molecule has 0 saturated carbocycles. The minimum absolute atomic E-state index is 0.100. The summed E-state index contributed by atoms with van der Waals surface area (Å²) in [7, 11) is 0. The highest BCUT2D eigenvalue weighted by molar-refractivity contribution is 6.31. The molecule has 0 amide bonds. The topological polar surface area (TPSA) is 0 Å². The lowest BCUT2D eigenvalue weighted by Crippen LogP contribution is -1.97. The number of rotatable bonds is 2. The maximum absolute atomic E-state index is 13.1. The first-order valence-electron chi connectivity index (χ1n) is 5.65. The molecule has 18 heavy (non-hydrogen) atoms. The van der Waals surface area contributed by atoms with E-state index in [1.165, 1.54) is 6.07 Å². The summed E-state index contributed by atoms with van der Waals surface area (Å²) < 4.78 is 13.1. The van der Waals surface area contributed by atoms with E-state index < -0.39 is 5.82 Å². The summed E-state index contributed by atoms with van der Waals surface area (Å²) in [5, 5.41) is -0.216. The molecule has 0 saturated heterocycles. The van der Waals surface area contributed by atoms with Crippen LogP contribution in [0.5, 0.6) is 0 Å². The summed E-state index contributed by atoms with van der Waals surface area (Å²) in [5.41, 5.74) is 4.09. The molecule has 0 heterocycles. The molecule has 3 heteroatoms. The van der Waals surface area contributed by atoms with Crippen molar-refractivity contribution in [1.82, 2.24) is 0 Å². The van der Waals surface area contributed by atoms with E-state index in [1.807, 2.05) is 32.0 Å². The summed E-state index contributed by atoms with van der Waals surface area (Å²) in [5.74, 6) is -0.426. The fraction of sp³-hybridized carbons (Fsp3) is 0.200. The minimum Gasteiger partial charge on any atom is -0.205 e. The van der Waals surface area contributed by atoms with E-state index in [2.05, 4.69) is 0 Å². The molecular weight excluding hydrogens is 270 g/mol. The van der Waals surface area contributed by atoms with E-state index in [4.69, 9.17) is 23.2 Å². The second kappa shape index (κ2) is 5.29. The third-order valence-corrected chi connectivity index (χ3v) is 3.72. The van der Waals surface area contributed by atoms with E-state index >= 15 is 0 Å². The molecule has 0 aromatic heterocycles. The Labute approximate surface area is 116 Å². The highest BCUT2D eigenvalue weighted by Gasteiger charge is 2.14. The third kappa shape index (κ3) is 2.68. The number of hydrogen-bond donors (Lipinski definition) is 0. The van der Waals surface area contributed by atoms with Crippen LogP contribution in [0.2, 0.25) is 5.02 Å². The van der Waals surface area contributed by atoms with Crippen molar-refractivity contribution in [2.45, 2.75) is 19.2 Å². The lowest BCUT2D eigenvalue weighted by Gasteiger charge is -2.14. The predicted octanol–water partition coefficient (Wildman–Crippen LogP) is 5.42. The number of aryl methyl sites for hydroxylation is 2. The number of halogens is 3. The molecule has 1 atom stereocenters. The fourth-order valence-corrected chi connectivity index (χ4v) is 2.44. The van der Waals surface area contributed by atoms with Gasteiger partial charge >= 0.3 is 0 Å². The zero-order chi connectivity index (χ0) is 13.3. The Morgan fingerprint density at radius 2 is 1.78 bits per heavy atom. The van der Waals surface area contributed by atoms with Gasteiger partial charge in [0.15, 0.2) is 0 Å². The monoisotopic (exact) mass is 282 g/mol. The quantitative estimate of drug-likeness (QED) is 0.645. The van der Waals surface area contributed by atoms with Crippen LogP contribution in [0.3, 0.4) is 0 Å². The van der Waals surface area contributed by atoms with Crippen molar-refractivity contribution >= 4 is 23.2 Å². The van der Waals surface area contributed by atoms with Crippen molar-refractivity contribution < 1.29 is 4.39 Å². The van der Waals surface area contributed by atoms with Crippen LogP contribution >= 0.6 is 23.2 Å². The highest BCUT2D eigenvalue weighted by atomic mass is 35.5. The van der Waals surface area contributed by atoms with Crippen LogP contribution in [0.1, 0.15) is 27.6 Å². The van der Waals surface area contributed by atoms with Crippen molar-refractivity contribution in [3.8, 4) is 0 Å². The molecule has 2 aromatic carbocycles. The standard InChI is InChI=1S/C15H13Cl2F/c1-9-3-4-10(2)12(7-9)15(17)11-5-6-14(18)13(16)8-11/h3-8,15H,1-2H3. The second-order valence-corrected chi connectivity index (χ2v) is 5.24. The van der Waals surface area contributed by atoms with Crippen LogP contribution in [-0.2, 0) is 0 Å². The number of alkyl halides is 1. The Hall–Kier alpha value is -1.05. The average molecular weight is 283 g/mol. The van der Waals surface area contributed by atoms with E-state index in [0.29, 0.717) is 0 Å². The first-order chi connectivity index (χ1) is 8.49. The molecule has 0 aliphatic carbocycles. The van der Waals surface area contributed by atoms with Gasteiger partial charge in [0.1, 0.15) is 5.82 Å². The van der Waals surface area contributed by atoms with Crippen LogP contribution < -0.4 is 0 Å². The number of benzene rings is 2. The average Bonchev–Trinajstić information content (AvgIpc) is 2.35. The maximum Gasteiger partial charge on any atom is 0.141 e. The Bertz CT molecular complexity index is 579. The van der Waals surface area contributed by atoms with E-state index in [0.717, 1.165) is 22.3 Å². The van der Waals surface area contributed by atoms with Gasteiger partial charge in [-0.2, -0.15) is 0 Å². The summed E-state index contributed by atoms with van der Waals surface area (Å²) in [6.45, 7) is 4.03. The first-order valence-corrected chi connectivity index (χ1v) is 6.46. The zero-order valence-corrected chi connectivity index (χ0v) is 11.7. The van der Waals surface area contributed by atoms with Gasteiger partial charge in [0.05, 0.1) is 10.4 Å². The van der Waals surface area contributed by atoms with Gasteiger partial charge in [0.2, 0.25) is 0 Å². The molecule has 2 aromatic rings. The Morgan fingerprint density at radius 1 is 1.06 bits per heavy atom. The molecule has 94 valence electrons. The molecule has 0 spiro atoms. The summed E-state index contributed by atoms with van der Waals surface area (Å²) >= 11 is 12.2. The van der Waals surface area contributed by atoms with Gasteiger partial charge in [0, 0.05) is 0 Å². The Morgan fingerprint density at radius 3 is 2.44 bits per heavy atom. The minimum atomic E-state index is -0.426. The first kappa shape index (κ1) is 13.4. The molecule has 2 rings (SSSR count). The Kier molecular flexibility index (Phi) is 3.94. The van der Waals surface area contributed by atoms with Gasteiger partial charge in [-0.15, -0.1) is 11.6 Å². The van der Waals surface area contributed by atoms with Gasteiger partial charge in [-0.25, -0.2) is 4.39 Å². The van der Waals surface area contributed by atoms with Crippen LogP contribution in [-0.4, -0.2) is 0 Å².